The van der Waals surface area contributed by atoms with Crippen LogP contribution in [-0.2, 0) is 11.3 Å². The fourth-order valence-corrected chi connectivity index (χ4v) is 4.56. The molecule has 4 nitrogen and oxygen atoms in total. The second-order valence-electron chi connectivity index (χ2n) is 5.71. The molecule has 1 N–H and O–H groups in total. The molecule has 2 atom stereocenters. The first-order valence-electron chi connectivity index (χ1n) is 7.59. The third-order valence-electron chi connectivity index (χ3n) is 4.06. The van der Waals surface area contributed by atoms with Crippen molar-refractivity contribution in [3.8, 4) is 0 Å². The molecule has 2 aromatic heterocycles. The lowest BCUT2D eigenvalue weighted by molar-refractivity contribution is -0.0293. The van der Waals surface area contributed by atoms with Gasteiger partial charge in [0.05, 0.1) is 30.0 Å². The molecule has 1 fully saturated rings. The highest BCUT2D eigenvalue weighted by Crippen LogP contribution is 2.28. The molecular formula is C16H22N2O2S2. The van der Waals surface area contributed by atoms with Crippen LogP contribution < -0.4 is 0 Å². The third kappa shape index (κ3) is 3.75. The minimum Gasteiger partial charge on any atom is -0.388 e. The Labute approximate surface area is 139 Å². The van der Waals surface area contributed by atoms with Crippen LogP contribution in [0, 0.1) is 13.8 Å². The molecule has 0 spiro atoms. The van der Waals surface area contributed by atoms with Crippen molar-refractivity contribution < 1.29 is 9.84 Å². The molecule has 3 heterocycles. The lowest BCUT2D eigenvalue weighted by atomic mass is 10.1. The molecule has 0 amide bonds. The molecule has 1 saturated heterocycles. The van der Waals surface area contributed by atoms with Gasteiger partial charge in [0.15, 0.2) is 0 Å². The number of morpholine rings is 1. The van der Waals surface area contributed by atoms with Crippen molar-refractivity contribution in [3.63, 3.8) is 0 Å². The zero-order chi connectivity index (χ0) is 15.5. The summed E-state index contributed by atoms with van der Waals surface area (Å²) in [5.41, 5.74) is 1.13. The fourth-order valence-electron chi connectivity index (χ4n) is 2.87. The highest BCUT2D eigenvalue weighted by Gasteiger charge is 2.27. The summed E-state index contributed by atoms with van der Waals surface area (Å²) in [4.78, 5) is 9.31. The molecule has 22 heavy (non-hydrogen) atoms. The van der Waals surface area contributed by atoms with Gasteiger partial charge in [-0.05, 0) is 31.7 Å². The first kappa shape index (κ1) is 16.1. The zero-order valence-corrected chi connectivity index (χ0v) is 14.6. The van der Waals surface area contributed by atoms with Crippen molar-refractivity contribution in [2.24, 2.45) is 0 Å². The minimum atomic E-state index is -0.404. The Morgan fingerprint density at radius 1 is 1.50 bits per heavy atom. The number of aliphatic hydroxyl groups is 1. The van der Waals surface area contributed by atoms with Crippen LogP contribution >= 0.6 is 22.7 Å². The van der Waals surface area contributed by atoms with Gasteiger partial charge in [-0.1, -0.05) is 6.07 Å². The highest BCUT2D eigenvalue weighted by atomic mass is 32.1. The normalized spacial score (nSPS) is 21.1. The summed E-state index contributed by atoms with van der Waals surface area (Å²) in [6, 6.07) is 4.25. The van der Waals surface area contributed by atoms with Crippen LogP contribution in [0.25, 0.3) is 0 Å². The van der Waals surface area contributed by atoms with Crippen molar-refractivity contribution in [1.82, 2.24) is 9.88 Å². The van der Waals surface area contributed by atoms with Gasteiger partial charge in [0.2, 0.25) is 0 Å². The van der Waals surface area contributed by atoms with Gasteiger partial charge in [0, 0.05) is 28.9 Å². The fraction of sp³-hybridized carbons (Fsp3) is 0.562. The number of ether oxygens (including phenoxy) is 1. The van der Waals surface area contributed by atoms with Gasteiger partial charge in [0.1, 0.15) is 0 Å². The second-order valence-corrected chi connectivity index (χ2v) is 7.97. The van der Waals surface area contributed by atoms with Gasteiger partial charge in [0.25, 0.3) is 0 Å². The number of thiazole rings is 1. The first-order valence-corrected chi connectivity index (χ1v) is 9.29. The van der Waals surface area contributed by atoms with Crippen LogP contribution in [0.15, 0.2) is 17.5 Å². The molecule has 2 unspecified atom stereocenters. The van der Waals surface area contributed by atoms with Crippen molar-refractivity contribution in [3.05, 3.63) is 38.0 Å². The number of thiophene rings is 1. The van der Waals surface area contributed by atoms with Crippen LogP contribution in [-0.4, -0.2) is 40.8 Å². The summed E-state index contributed by atoms with van der Waals surface area (Å²) in [6.07, 6.45) is 0.315. The molecule has 6 heteroatoms. The Balaban J connectivity index is 1.67. The highest BCUT2D eigenvalue weighted by molar-refractivity contribution is 7.11. The first-order chi connectivity index (χ1) is 10.6. The number of hydrogen-bond donors (Lipinski definition) is 1. The SMILES string of the molecule is Cc1nc(C)c(CN2CCOCC2CC(O)c2cccs2)s1. The topological polar surface area (TPSA) is 45.6 Å². The Kier molecular flexibility index (Phi) is 5.25. The van der Waals surface area contributed by atoms with Gasteiger partial charge < -0.3 is 9.84 Å². The summed E-state index contributed by atoms with van der Waals surface area (Å²) in [6.45, 7) is 7.41. The van der Waals surface area contributed by atoms with Crippen molar-refractivity contribution in [2.45, 2.75) is 39.0 Å². The molecule has 0 aliphatic carbocycles. The molecule has 1 aliphatic rings. The van der Waals surface area contributed by atoms with E-state index in [1.807, 2.05) is 17.5 Å². The molecule has 2 aromatic rings. The van der Waals surface area contributed by atoms with Crippen molar-refractivity contribution in [1.29, 1.82) is 0 Å². The van der Waals surface area contributed by atoms with E-state index >= 15 is 0 Å². The smallest absolute Gasteiger partial charge is 0.0900 e. The van der Waals surface area contributed by atoms with Gasteiger partial charge in [-0.15, -0.1) is 22.7 Å². The average molecular weight is 338 g/mol. The molecule has 0 aromatic carbocycles. The van der Waals surface area contributed by atoms with Gasteiger partial charge in [-0.25, -0.2) is 4.98 Å². The number of aliphatic hydroxyl groups excluding tert-OH is 1. The predicted molar refractivity (Wildman–Crippen MR) is 90.5 cm³/mol. The van der Waals surface area contributed by atoms with E-state index in [1.54, 1.807) is 22.7 Å². The lowest BCUT2D eigenvalue weighted by Crippen LogP contribution is -2.45. The Morgan fingerprint density at radius 3 is 3.05 bits per heavy atom. The number of nitrogens with zero attached hydrogens (tertiary/aromatic N) is 2. The Bertz CT molecular complexity index is 597. The van der Waals surface area contributed by atoms with E-state index in [9.17, 15) is 5.11 Å². The Morgan fingerprint density at radius 2 is 2.36 bits per heavy atom. The molecule has 1 aliphatic heterocycles. The second kappa shape index (κ2) is 7.19. The van der Waals surface area contributed by atoms with Crippen LogP contribution in [0.2, 0.25) is 0 Å². The number of hydrogen-bond acceptors (Lipinski definition) is 6. The molecular weight excluding hydrogens is 316 g/mol. The summed E-state index contributed by atoms with van der Waals surface area (Å²) in [5, 5.41) is 13.6. The molecule has 120 valence electrons. The van der Waals surface area contributed by atoms with E-state index in [4.69, 9.17) is 4.74 Å². The van der Waals surface area contributed by atoms with Crippen LogP contribution in [0.5, 0.6) is 0 Å². The van der Waals surface area contributed by atoms with Gasteiger partial charge in [-0.2, -0.15) is 0 Å². The van der Waals surface area contributed by atoms with E-state index in [2.05, 4.69) is 23.7 Å². The van der Waals surface area contributed by atoms with E-state index < -0.39 is 6.10 Å². The van der Waals surface area contributed by atoms with E-state index in [0.717, 1.165) is 41.7 Å². The molecule has 0 bridgehead atoms. The minimum absolute atomic E-state index is 0.257. The maximum Gasteiger partial charge on any atom is 0.0900 e. The standard InChI is InChI=1S/C16H22N2O2S2/c1-11-16(22-12(2)17-11)9-18-5-6-20-10-13(18)8-14(19)15-4-3-7-21-15/h3-4,7,13-14,19H,5-6,8-10H2,1-2H3. The summed E-state index contributed by atoms with van der Waals surface area (Å²) in [5.74, 6) is 0. The van der Waals surface area contributed by atoms with Crippen LogP contribution in [0.1, 0.15) is 33.0 Å². The Hall–Kier alpha value is -0.790. The quantitative estimate of drug-likeness (QED) is 0.910. The monoisotopic (exact) mass is 338 g/mol. The van der Waals surface area contributed by atoms with Crippen LogP contribution in [0.4, 0.5) is 0 Å². The largest absolute Gasteiger partial charge is 0.388 e. The molecule has 0 saturated carbocycles. The van der Waals surface area contributed by atoms with Crippen LogP contribution in [0.3, 0.4) is 0 Å². The number of rotatable bonds is 5. The summed E-state index contributed by atoms with van der Waals surface area (Å²) >= 11 is 3.39. The third-order valence-corrected chi connectivity index (χ3v) is 6.09. The number of aromatic nitrogens is 1. The predicted octanol–water partition coefficient (Wildman–Crippen LogP) is 3.15. The van der Waals surface area contributed by atoms with E-state index in [1.165, 1.54) is 4.88 Å². The average Bonchev–Trinajstić information content (AvgIpc) is 3.11. The molecule has 3 rings (SSSR count). The van der Waals surface area contributed by atoms with E-state index in [-0.39, 0.29) is 6.04 Å². The summed E-state index contributed by atoms with van der Waals surface area (Å²) in [7, 11) is 0. The van der Waals surface area contributed by atoms with Crippen molar-refractivity contribution in [2.75, 3.05) is 19.8 Å². The maximum absolute atomic E-state index is 10.4. The maximum atomic E-state index is 10.4. The molecule has 0 radical (unpaired) electrons. The summed E-state index contributed by atoms with van der Waals surface area (Å²) < 4.78 is 5.64. The van der Waals surface area contributed by atoms with E-state index in [0.29, 0.717) is 6.61 Å². The van der Waals surface area contributed by atoms with Crippen molar-refractivity contribution >= 4 is 22.7 Å². The lowest BCUT2D eigenvalue weighted by Gasteiger charge is -2.36. The van der Waals surface area contributed by atoms with Gasteiger partial charge in [-0.3, -0.25) is 4.90 Å². The number of aryl methyl sites for hydroxylation is 2. The zero-order valence-electron chi connectivity index (χ0n) is 13.0. The van der Waals surface area contributed by atoms with Gasteiger partial charge >= 0.3 is 0 Å².